The molecule has 0 spiro atoms. The second-order valence-corrected chi connectivity index (χ2v) is 6.57. The van der Waals surface area contributed by atoms with Crippen LogP contribution in [0, 0.1) is 12.7 Å². The number of carbonyl (C=O) groups is 2. The molecule has 0 aliphatic heterocycles. The zero-order chi connectivity index (χ0) is 19.9. The van der Waals surface area contributed by atoms with Crippen LogP contribution >= 0.6 is 0 Å². The summed E-state index contributed by atoms with van der Waals surface area (Å²) in [4.78, 5) is 24.9. The summed E-state index contributed by atoms with van der Waals surface area (Å²) < 4.78 is 13.0. The lowest BCUT2D eigenvalue weighted by Gasteiger charge is -2.12. The van der Waals surface area contributed by atoms with E-state index in [9.17, 15) is 14.0 Å². The normalized spacial score (nSPS) is 10.4. The van der Waals surface area contributed by atoms with Crippen molar-refractivity contribution >= 4 is 17.5 Å². The lowest BCUT2D eigenvalue weighted by atomic mass is 10.1. The van der Waals surface area contributed by atoms with Gasteiger partial charge in [-0.05, 0) is 42.3 Å². The van der Waals surface area contributed by atoms with E-state index in [0.717, 1.165) is 11.1 Å². The van der Waals surface area contributed by atoms with E-state index in [1.165, 1.54) is 12.1 Å². The Morgan fingerprint density at radius 3 is 2.21 bits per heavy atom. The Morgan fingerprint density at radius 2 is 1.50 bits per heavy atom. The number of hydrogen-bond donors (Lipinski definition) is 2. The minimum atomic E-state index is -0.347. The molecule has 4 nitrogen and oxygen atoms in total. The van der Waals surface area contributed by atoms with Gasteiger partial charge in [0.1, 0.15) is 5.82 Å². The minimum Gasteiger partial charge on any atom is -0.348 e. The monoisotopic (exact) mass is 376 g/mol. The Labute approximate surface area is 163 Å². The average molecular weight is 376 g/mol. The Kier molecular flexibility index (Phi) is 6.17. The molecule has 0 heterocycles. The molecule has 0 unspecified atom stereocenters. The minimum absolute atomic E-state index is 0.0968. The molecule has 0 saturated carbocycles. The highest BCUT2D eigenvalue weighted by molar-refractivity contribution is 6.04. The third-order valence-electron chi connectivity index (χ3n) is 4.30. The molecule has 2 N–H and O–H groups in total. The fraction of sp³-hybridized carbons (Fsp3) is 0.130. The summed E-state index contributed by atoms with van der Waals surface area (Å²) in [6.45, 7) is 2.41. The summed E-state index contributed by atoms with van der Waals surface area (Å²) in [6.07, 6.45) is 0.0968. The molecule has 0 fully saturated rings. The Bertz CT molecular complexity index is 967. The summed E-state index contributed by atoms with van der Waals surface area (Å²) in [5.41, 5.74) is 3.68. The first-order chi connectivity index (χ1) is 13.5. The number of benzene rings is 3. The van der Waals surface area contributed by atoms with E-state index in [1.807, 2.05) is 31.2 Å². The first kappa shape index (κ1) is 19.3. The van der Waals surface area contributed by atoms with Crippen LogP contribution in [0.1, 0.15) is 27.0 Å². The van der Waals surface area contributed by atoms with Gasteiger partial charge in [0, 0.05) is 6.54 Å². The molecular formula is C23H21FN2O2. The van der Waals surface area contributed by atoms with Crippen LogP contribution in [0.4, 0.5) is 10.1 Å². The van der Waals surface area contributed by atoms with Crippen LogP contribution in [0.25, 0.3) is 0 Å². The Hall–Kier alpha value is -3.47. The van der Waals surface area contributed by atoms with Gasteiger partial charge in [0.05, 0.1) is 17.7 Å². The number of aryl methyl sites for hydroxylation is 1. The highest BCUT2D eigenvalue weighted by atomic mass is 19.1. The highest BCUT2D eigenvalue weighted by Gasteiger charge is 2.13. The molecule has 3 rings (SSSR count). The van der Waals surface area contributed by atoms with Crippen LogP contribution in [0.2, 0.25) is 0 Å². The standard InChI is InChI=1S/C23H21FN2O2/c1-16-6-8-18(9-7-16)15-25-23(28)20-4-2-3-5-21(20)26-22(27)14-17-10-12-19(24)13-11-17/h2-13H,14-15H2,1H3,(H,25,28)(H,26,27). The van der Waals surface area contributed by atoms with E-state index in [1.54, 1.807) is 36.4 Å². The van der Waals surface area contributed by atoms with E-state index in [4.69, 9.17) is 0 Å². The van der Waals surface area contributed by atoms with Crippen molar-refractivity contribution in [2.24, 2.45) is 0 Å². The van der Waals surface area contributed by atoms with E-state index >= 15 is 0 Å². The number of halogens is 1. The fourth-order valence-corrected chi connectivity index (χ4v) is 2.76. The summed E-state index contributed by atoms with van der Waals surface area (Å²) >= 11 is 0. The van der Waals surface area contributed by atoms with Gasteiger partial charge in [-0.1, -0.05) is 54.1 Å². The number of para-hydroxylation sites is 1. The molecule has 2 amide bonds. The zero-order valence-electron chi connectivity index (χ0n) is 15.5. The van der Waals surface area contributed by atoms with Crippen molar-refractivity contribution in [3.8, 4) is 0 Å². The van der Waals surface area contributed by atoms with E-state index in [-0.39, 0.29) is 24.1 Å². The summed E-state index contributed by atoms with van der Waals surface area (Å²) in [5.74, 6) is -0.886. The van der Waals surface area contributed by atoms with Crippen LogP contribution in [0.15, 0.2) is 72.8 Å². The predicted octanol–water partition coefficient (Wildman–Crippen LogP) is 4.25. The molecule has 0 bridgehead atoms. The van der Waals surface area contributed by atoms with Crippen LogP contribution in [-0.4, -0.2) is 11.8 Å². The Morgan fingerprint density at radius 1 is 0.857 bits per heavy atom. The van der Waals surface area contributed by atoms with Crippen molar-refractivity contribution in [2.45, 2.75) is 19.9 Å². The van der Waals surface area contributed by atoms with Gasteiger partial charge >= 0.3 is 0 Å². The molecule has 3 aromatic carbocycles. The molecule has 0 saturated heterocycles. The van der Waals surface area contributed by atoms with Gasteiger partial charge in [0.15, 0.2) is 0 Å². The van der Waals surface area contributed by atoms with Crippen molar-refractivity contribution in [1.82, 2.24) is 5.32 Å². The molecule has 0 aromatic heterocycles. The SMILES string of the molecule is Cc1ccc(CNC(=O)c2ccccc2NC(=O)Cc2ccc(F)cc2)cc1. The van der Waals surface area contributed by atoms with Gasteiger partial charge in [-0.25, -0.2) is 4.39 Å². The van der Waals surface area contributed by atoms with Crippen molar-refractivity contribution in [3.05, 3.63) is 101 Å². The molecule has 28 heavy (non-hydrogen) atoms. The van der Waals surface area contributed by atoms with Gasteiger partial charge in [-0.3, -0.25) is 9.59 Å². The van der Waals surface area contributed by atoms with Crippen molar-refractivity contribution in [1.29, 1.82) is 0 Å². The molecule has 0 atom stereocenters. The lowest BCUT2D eigenvalue weighted by Crippen LogP contribution is -2.25. The number of anilines is 1. The summed E-state index contributed by atoms with van der Waals surface area (Å²) in [7, 11) is 0. The van der Waals surface area contributed by atoms with E-state index in [2.05, 4.69) is 10.6 Å². The smallest absolute Gasteiger partial charge is 0.253 e. The molecule has 5 heteroatoms. The first-order valence-electron chi connectivity index (χ1n) is 8.98. The zero-order valence-corrected chi connectivity index (χ0v) is 15.5. The number of hydrogen-bond acceptors (Lipinski definition) is 2. The number of carbonyl (C=O) groups excluding carboxylic acids is 2. The topological polar surface area (TPSA) is 58.2 Å². The van der Waals surface area contributed by atoms with Crippen molar-refractivity contribution in [3.63, 3.8) is 0 Å². The third-order valence-corrected chi connectivity index (χ3v) is 4.30. The average Bonchev–Trinajstić information content (AvgIpc) is 2.69. The molecule has 0 radical (unpaired) electrons. The largest absolute Gasteiger partial charge is 0.348 e. The summed E-state index contributed by atoms with van der Waals surface area (Å²) in [6, 6.07) is 20.5. The van der Waals surface area contributed by atoms with Gasteiger partial charge in [-0.15, -0.1) is 0 Å². The van der Waals surface area contributed by atoms with Gasteiger partial charge in [-0.2, -0.15) is 0 Å². The van der Waals surface area contributed by atoms with E-state index in [0.29, 0.717) is 23.4 Å². The second kappa shape index (κ2) is 8.95. The van der Waals surface area contributed by atoms with Crippen LogP contribution in [0.3, 0.4) is 0 Å². The maximum atomic E-state index is 13.0. The number of nitrogens with one attached hydrogen (secondary N) is 2. The van der Waals surface area contributed by atoms with Gasteiger partial charge in [0.2, 0.25) is 5.91 Å². The molecule has 0 aliphatic carbocycles. The first-order valence-corrected chi connectivity index (χ1v) is 8.98. The van der Waals surface area contributed by atoms with Crippen molar-refractivity contribution < 1.29 is 14.0 Å². The second-order valence-electron chi connectivity index (χ2n) is 6.57. The van der Waals surface area contributed by atoms with Crippen LogP contribution in [-0.2, 0) is 17.8 Å². The maximum absolute atomic E-state index is 13.0. The van der Waals surface area contributed by atoms with E-state index < -0.39 is 0 Å². The predicted molar refractivity (Wildman–Crippen MR) is 108 cm³/mol. The van der Waals surface area contributed by atoms with Crippen LogP contribution in [0.5, 0.6) is 0 Å². The van der Waals surface area contributed by atoms with Crippen molar-refractivity contribution in [2.75, 3.05) is 5.32 Å². The maximum Gasteiger partial charge on any atom is 0.253 e. The number of rotatable bonds is 6. The van der Waals surface area contributed by atoms with Gasteiger partial charge < -0.3 is 10.6 Å². The fourth-order valence-electron chi connectivity index (χ4n) is 2.76. The summed E-state index contributed by atoms with van der Waals surface area (Å²) in [5, 5.41) is 5.64. The molecule has 0 aliphatic rings. The van der Waals surface area contributed by atoms with Gasteiger partial charge in [0.25, 0.3) is 5.91 Å². The Balaban J connectivity index is 1.64. The number of amides is 2. The third kappa shape index (κ3) is 5.27. The molecular weight excluding hydrogens is 355 g/mol. The lowest BCUT2D eigenvalue weighted by molar-refractivity contribution is -0.115. The quantitative estimate of drug-likeness (QED) is 0.676. The highest BCUT2D eigenvalue weighted by Crippen LogP contribution is 2.16. The molecule has 142 valence electrons. The molecule has 3 aromatic rings. The van der Waals surface area contributed by atoms with Crippen LogP contribution < -0.4 is 10.6 Å².